The van der Waals surface area contributed by atoms with Gasteiger partial charge in [-0.2, -0.15) is 0 Å². The molecule has 3 heterocycles. The molecule has 0 radical (unpaired) electrons. The Labute approximate surface area is 156 Å². The molecule has 27 heavy (non-hydrogen) atoms. The van der Waals surface area contributed by atoms with Crippen LogP contribution in [-0.4, -0.2) is 57.2 Å². The van der Waals surface area contributed by atoms with E-state index in [0.29, 0.717) is 30.2 Å². The minimum atomic E-state index is -0.975. The largest absolute Gasteiger partial charge is 0.507 e. The number of phenolic OH excluding ortho intramolecular Hbond substituents is 1. The SMILES string of the molecule is CN(c1ncc(-c2ccc(-n3cccc3)cc2O)nn1)[C@H]1CCNC[C@@H]1F. The number of benzene rings is 1. The van der Waals surface area contributed by atoms with Crippen LogP contribution in [0.25, 0.3) is 16.9 Å². The van der Waals surface area contributed by atoms with Crippen molar-refractivity contribution in [3.05, 3.63) is 48.9 Å². The molecule has 0 saturated carbocycles. The van der Waals surface area contributed by atoms with Gasteiger partial charge in [-0.25, -0.2) is 9.37 Å². The third-order valence-electron chi connectivity index (χ3n) is 4.90. The molecule has 0 amide bonds. The molecule has 1 aliphatic rings. The van der Waals surface area contributed by atoms with Crippen molar-refractivity contribution < 1.29 is 9.50 Å². The Hall–Kier alpha value is -3.00. The Kier molecular flexibility index (Phi) is 4.72. The van der Waals surface area contributed by atoms with E-state index >= 15 is 0 Å². The summed E-state index contributed by atoms with van der Waals surface area (Å²) in [7, 11) is 1.78. The Morgan fingerprint density at radius 2 is 2.07 bits per heavy atom. The van der Waals surface area contributed by atoms with Gasteiger partial charge >= 0.3 is 0 Å². The summed E-state index contributed by atoms with van der Waals surface area (Å²) in [5.41, 5.74) is 1.86. The quantitative estimate of drug-likeness (QED) is 0.735. The van der Waals surface area contributed by atoms with Gasteiger partial charge in [0.25, 0.3) is 0 Å². The summed E-state index contributed by atoms with van der Waals surface area (Å²) < 4.78 is 16.0. The second-order valence-corrected chi connectivity index (χ2v) is 6.62. The second-order valence-electron chi connectivity index (χ2n) is 6.62. The van der Waals surface area contributed by atoms with Crippen LogP contribution < -0.4 is 10.2 Å². The number of rotatable bonds is 4. The van der Waals surface area contributed by atoms with Crippen LogP contribution in [0.5, 0.6) is 5.75 Å². The number of alkyl halides is 1. The summed E-state index contributed by atoms with van der Waals surface area (Å²) in [6.07, 6.45) is 5.07. The minimum Gasteiger partial charge on any atom is -0.507 e. The first-order valence-electron chi connectivity index (χ1n) is 8.87. The van der Waals surface area contributed by atoms with E-state index in [2.05, 4.69) is 20.5 Å². The average molecular weight is 368 g/mol. The third kappa shape index (κ3) is 3.48. The van der Waals surface area contributed by atoms with E-state index in [1.807, 2.05) is 35.2 Å². The second kappa shape index (κ2) is 7.32. The molecule has 3 aromatic rings. The van der Waals surface area contributed by atoms with E-state index in [-0.39, 0.29) is 11.8 Å². The van der Waals surface area contributed by atoms with E-state index in [4.69, 9.17) is 0 Å². The van der Waals surface area contributed by atoms with Gasteiger partial charge in [-0.1, -0.05) is 0 Å². The van der Waals surface area contributed by atoms with Crippen LogP contribution in [0.2, 0.25) is 0 Å². The zero-order chi connectivity index (χ0) is 18.8. The molecule has 4 rings (SSSR count). The number of nitrogens with zero attached hydrogens (tertiary/aromatic N) is 5. The summed E-state index contributed by atoms with van der Waals surface area (Å²) in [6.45, 7) is 1.10. The highest BCUT2D eigenvalue weighted by Crippen LogP contribution is 2.29. The highest BCUT2D eigenvalue weighted by atomic mass is 19.1. The third-order valence-corrected chi connectivity index (χ3v) is 4.90. The molecule has 1 aromatic carbocycles. The van der Waals surface area contributed by atoms with Crippen LogP contribution in [0.1, 0.15) is 6.42 Å². The van der Waals surface area contributed by atoms with Crippen molar-refractivity contribution in [2.45, 2.75) is 18.6 Å². The number of aromatic hydroxyl groups is 1. The molecule has 1 aliphatic heterocycles. The van der Waals surface area contributed by atoms with Gasteiger partial charge in [-0.3, -0.25) is 0 Å². The van der Waals surface area contributed by atoms with Crippen LogP contribution in [0.15, 0.2) is 48.9 Å². The van der Waals surface area contributed by atoms with Crippen LogP contribution in [0, 0.1) is 0 Å². The average Bonchev–Trinajstić information content (AvgIpc) is 3.23. The molecule has 1 saturated heterocycles. The summed E-state index contributed by atoms with van der Waals surface area (Å²) in [6, 6.07) is 8.90. The zero-order valence-corrected chi connectivity index (χ0v) is 15.0. The Morgan fingerprint density at radius 3 is 2.74 bits per heavy atom. The van der Waals surface area contributed by atoms with Crippen LogP contribution >= 0.6 is 0 Å². The maximum absolute atomic E-state index is 14.1. The van der Waals surface area contributed by atoms with Crippen molar-refractivity contribution in [1.82, 2.24) is 25.1 Å². The summed E-state index contributed by atoms with van der Waals surface area (Å²) >= 11 is 0. The topological polar surface area (TPSA) is 79.1 Å². The van der Waals surface area contributed by atoms with Gasteiger partial charge < -0.3 is 19.9 Å². The lowest BCUT2D eigenvalue weighted by Crippen LogP contribution is -2.50. The Balaban J connectivity index is 1.55. The van der Waals surface area contributed by atoms with Crippen molar-refractivity contribution in [3.8, 4) is 22.7 Å². The fourth-order valence-electron chi connectivity index (χ4n) is 3.35. The van der Waals surface area contributed by atoms with Gasteiger partial charge in [0.2, 0.25) is 5.95 Å². The monoisotopic (exact) mass is 368 g/mol. The molecule has 8 heteroatoms. The molecule has 2 N–H and O–H groups in total. The Bertz CT molecular complexity index is 899. The van der Waals surface area contributed by atoms with Crippen LogP contribution in [-0.2, 0) is 0 Å². The minimum absolute atomic E-state index is 0.0978. The zero-order valence-electron chi connectivity index (χ0n) is 15.0. The van der Waals surface area contributed by atoms with Crippen LogP contribution in [0.3, 0.4) is 0 Å². The molecule has 0 aliphatic carbocycles. The molecule has 0 unspecified atom stereocenters. The molecule has 0 spiro atoms. The van der Waals surface area contributed by atoms with E-state index in [0.717, 1.165) is 12.2 Å². The van der Waals surface area contributed by atoms with Crippen molar-refractivity contribution >= 4 is 5.95 Å². The summed E-state index contributed by atoms with van der Waals surface area (Å²) in [5.74, 6) is 0.470. The van der Waals surface area contributed by atoms with Crippen molar-refractivity contribution in [1.29, 1.82) is 0 Å². The Morgan fingerprint density at radius 1 is 1.26 bits per heavy atom. The number of phenols is 1. The fourth-order valence-corrected chi connectivity index (χ4v) is 3.35. The molecular formula is C19H21FN6O. The molecule has 2 atom stereocenters. The van der Waals surface area contributed by atoms with Crippen LogP contribution in [0.4, 0.5) is 10.3 Å². The van der Waals surface area contributed by atoms with Gasteiger partial charge in [0.1, 0.15) is 17.6 Å². The first kappa shape index (κ1) is 17.4. The van der Waals surface area contributed by atoms with E-state index < -0.39 is 6.17 Å². The predicted octanol–water partition coefficient (Wildman–Crippen LogP) is 2.17. The van der Waals surface area contributed by atoms with Crippen molar-refractivity contribution in [3.63, 3.8) is 0 Å². The lowest BCUT2D eigenvalue weighted by atomic mass is 10.0. The highest BCUT2D eigenvalue weighted by molar-refractivity contribution is 5.68. The lowest BCUT2D eigenvalue weighted by molar-refractivity contribution is 0.227. The fraction of sp³-hybridized carbons (Fsp3) is 0.316. The van der Waals surface area contributed by atoms with Crippen molar-refractivity contribution in [2.75, 3.05) is 25.0 Å². The first-order valence-corrected chi connectivity index (χ1v) is 8.87. The summed E-state index contributed by atoms with van der Waals surface area (Å²) in [5, 5.41) is 21.7. The van der Waals surface area contributed by atoms with Crippen molar-refractivity contribution in [2.24, 2.45) is 0 Å². The van der Waals surface area contributed by atoms with Gasteiger partial charge in [0, 0.05) is 43.3 Å². The van der Waals surface area contributed by atoms with Gasteiger partial charge in [0.15, 0.2) is 0 Å². The number of anilines is 1. The van der Waals surface area contributed by atoms with Gasteiger partial charge in [0.05, 0.1) is 12.2 Å². The van der Waals surface area contributed by atoms with E-state index in [9.17, 15) is 9.50 Å². The van der Waals surface area contributed by atoms with E-state index in [1.54, 1.807) is 30.3 Å². The first-order chi connectivity index (χ1) is 13.1. The molecular weight excluding hydrogens is 347 g/mol. The number of hydrogen-bond donors (Lipinski definition) is 2. The molecule has 1 fully saturated rings. The maximum Gasteiger partial charge on any atom is 0.245 e. The summed E-state index contributed by atoms with van der Waals surface area (Å²) in [4.78, 5) is 6.06. The molecule has 140 valence electrons. The normalized spacial score (nSPS) is 19.8. The number of halogens is 1. The molecule has 0 bridgehead atoms. The maximum atomic E-state index is 14.1. The number of nitrogens with one attached hydrogen (secondary N) is 1. The highest BCUT2D eigenvalue weighted by Gasteiger charge is 2.29. The number of piperidine rings is 1. The molecule has 7 nitrogen and oxygen atoms in total. The smallest absolute Gasteiger partial charge is 0.245 e. The van der Waals surface area contributed by atoms with Gasteiger partial charge in [-0.05, 0) is 37.2 Å². The number of hydrogen-bond acceptors (Lipinski definition) is 6. The van der Waals surface area contributed by atoms with E-state index in [1.165, 1.54) is 0 Å². The van der Waals surface area contributed by atoms with Gasteiger partial charge in [-0.15, -0.1) is 10.2 Å². The number of aromatic nitrogens is 4. The lowest BCUT2D eigenvalue weighted by Gasteiger charge is -2.33. The predicted molar refractivity (Wildman–Crippen MR) is 101 cm³/mol. The molecule has 2 aromatic heterocycles. The standard InChI is InChI=1S/C19H21FN6O/c1-25(17-6-7-21-11-15(17)20)19-22-12-16(23-24-19)14-5-4-13(10-18(14)27)26-8-2-3-9-26/h2-5,8-10,12,15,17,21,27H,6-7,11H2,1H3/t15-,17-/m0/s1.